The number of carbonyl (C=O) groups excluding carboxylic acids is 1. The Morgan fingerprint density at radius 3 is 2.62 bits per heavy atom. The average molecular weight is 361 g/mol. The van der Waals surface area contributed by atoms with E-state index in [-0.39, 0.29) is 11.7 Å². The van der Waals surface area contributed by atoms with Crippen LogP contribution in [0.3, 0.4) is 0 Å². The molecule has 7 nitrogen and oxygen atoms in total. The Bertz CT molecular complexity index is 588. The van der Waals surface area contributed by atoms with Gasteiger partial charge in [-0.25, -0.2) is 0 Å². The van der Waals surface area contributed by atoms with Gasteiger partial charge in [0.1, 0.15) is 5.75 Å². The number of carbonyl (C=O) groups is 1. The molecule has 0 saturated carbocycles. The van der Waals surface area contributed by atoms with Crippen molar-refractivity contribution >= 4 is 11.9 Å². The van der Waals surface area contributed by atoms with E-state index in [1.807, 2.05) is 6.92 Å². The molecule has 1 atom stereocenters. The maximum atomic E-state index is 12.0. The van der Waals surface area contributed by atoms with Crippen LogP contribution in [-0.4, -0.2) is 67.2 Å². The number of likely N-dealkylation sites (N-methyl/N-ethyl adjacent to an activating group) is 1. The van der Waals surface area contributed by atoms with E-state index in [4.69, 9.17) is 4.99 Å². The number of phenolic OH excluding ortho intramolecular Hbond substituents is 1. The van der Waals surface area contributed by atoms with Crippen LogP contribution in [0.1, 0.15) is 37.0 Å². The summed E-state index contributed by atoms with van der Waals surface area (Å²) in [6.07, 6.45) is 2.46. The maximum Gasteiger partial charge on any atom is 0.251 e. The van der Waals surface area contributed by atoms with Crippen LogP contribution < -0.4 is 16.0 Å². The highest BCUT2D eigenvalue weighted by atomic mass is 16.3. The highest BCUT2D eigenvalue weighted by molar-refractivity contribution is 5.94. The number of aliphatic imine (C=N–C) groups is 1. The summed E-state index contributed by atoms with van der Waals surface area (Å²) in [5.41, 5.74) is 0.532. The van der Waals surface area contributed by atoms with Gasteiger partial charge in [-0.05, 0) is 57.1 Å². The Labute approximate surface area is 155 Å². The number of rotatable bonds is 8. The van der Waals surface area contributed by atoms with Crippen molar-refractivity contribution in [2.24, 2.45) is 4.99 Å². The summed E-state index contributed by atoms with van der Waals surface area (Å²) in [7, 11) is 0. The van der Waals surface area contributed by atoms with Crippen molar-refractivity contribution in [2.75, 3.05) is 39.3 Å². The van der Waals surface area contributed by atoms with Gasteiger partial charge in [-0.2, -0.15) is 0 Å². The van der Waals surface area contributed by atoms with E-state index in [1.54, 1.807) is 12.1 Å². The van der Waals surface area contributed by atoms with Crippen molar-refractivity contribution in [3.05, 3.63) is 29.8 Å². The van der Waals surface area contributed by atoms with Crippen LogP contribution >= 0.6 is 0 Å². The molecule has 1 aliphatic rings. The number of benzene rings is 1. The van der Waals surface area contributed by atoms with Gasteiger partial charge in [0.2, 0.25) is 0 Å². The average Bonchev–Trinajstić information content (AvgIpc) is 3.11. The highest BCUT2D eigenvalue weighted by Crippen LogP contribution is 2.16. The summed E-state index contributed by atoms with van der Waals surface area (Å²) in [5.74, 6) is 0.784. The van der Waals surface area contributed by atoms with Gasteiger partial charge >= 0.3 is 0 Å². The number of hydrogen-bond donors (Lipinski definition) is 4. The van der Waals surface area contributed by atoms with Gasteiger partial charge in [-0.1, -0.05) is 6.92 Å². The van der Waals surface area contributed by atoms with E-state index in [9.17, 15) is 9.90 Å². The Morgan fingerprint density at radius 1 is 1.19 bits per heavy atom. The van der Waals surface area contributed by atoms with Gasteiger partial charge in [0.05, 0.1) is 6.54 Å². The molecule has 1 aromatic carbocycles. The third-order valence-electron chi connectivity index (χ3n) is 4.54. The molecule has 2 rings (SSSR count). The van der Waals surface area contributed by atoms with Crippen LogP contribution in [0.25, 0.3) is 0 Å². The molecular formula is C19H31N5O2. The molecule has 1 fully saturated rings. The van der Waals surface area contributed by atoms with Crippen LogP contribution in [0.15, 0.2) is 29.3 Å². The molecule has 1 aromatic rings. The number of hydrogen-bond acceptors (Lipinski definition) is 4. The Balaban J connectivity index is 1.74. The highest BCUT2D eigenvalue weighted by Gasteiger charge is 2.22. The minimum Gasteiger partial charge on any atom is -0.508 e. The topological polar surface area (TPSA) is 89.0 Å². The maximum absolute atomic E-state index is 12.0. The zero-order chi connectivity index (χ0) is 18.8. The fraction of sp³-hybridized carbons (Fsp3) is 0.579. The van der Waals surface area contributed by atoms with Crippen molar-refractivity contribution < 1.29 is 9.90 Å². The zero-order valence-electron chi connectivity index (χ0n) is 15.8. The molecule has 0 spiro atoms. The monoisotopic (exact) mass is 361 g/mol. The lowest BCUT2D eigenvalue weighted by Crippen LogP contribution is -2.42. The summed E-state index contributed by atoms with van der Waals surface area (Å²) in [5, 5.41) is 18.6. The minimum atomic E-state index is -0.154. The van der Waals surface area contributed by atoms with Gasteiger partial charge in [0.15, 0.2) is 5.96 Å². The third kappa shape index (κ3) is 6.22. The Morgan fingerprint density at radius 2 is 1.92 bits per heavy atom. The molecule has 0 aliphatic carbocycles. The molecule has 0 aromatic heterocycles. The number of nitrogens with zero attached hydrogens (tertiary/aromatic N) is 2. The Hall–Kier alpha value is -2.28. The van der Waals surface area contributed by atoms with Crippen molar-refractivity contribution in [3.63, 3.8) is 0 Å². The lowest BCUT2D eigenvalue weighted by molar-refractivity contribution is 0.0954. The fourth-order valence-corrected chi connectivity index (χ4v) is 3.13. The summed E-state index contributed by atoms with van der Waals surface area (Å²) in [4.78, 5) is 19.2. The van der Waals surface area contributed by atoms with E-state index >= 15 is 0 Å². The largest absolute Gasteiger partial charge is 0.508 e. The fourth-order valence-electron chi connectivity index (χ4n) is 3.13. The molecule has 4 N–H and O–H groups in total. The van der Waals surface area contributed by atoms with E-state index in [2.05, 4.69) is 27.8 Å². The summed E-state index contributed by atoms with van der Waals surface area (Å²) in [6.45, 7) is 9.17. The summed E-state index contributed by atoms with van der Waals surface area (Å²) >= 11 is 0. The van der Waals surface area contributed by atoms with Crippen LogP contribution in [0.4, 0.5) is 0 Å². The number of likely N-dealkylation sites (tertiary alicyclic amines) is 1. The standard InChI is InChI=1S/C19H31N5O2/c1-3-20-19(23-14-16-6-5-13-24(16)4-2)22-12-11-21-18(26)15-7-9-17(25)10-8-15/h7-10,16,25H,3-6,11-14H2,1-2H3,(H,21,26)(H2,20,22,23). The Kier molecular flexibility index (Phi) is 8.21. The van der Waals surface area contributed by atoms with Gasteiger partial charge in [-0.15, -0.1) is 0 Å². The predicted molar refractivity (Wildman–Crippen MR) is 105 cm³/mol. The van der Waals surface area contributed by atoms with E-state index < -0.39 is 0 Å². The molecule has 0 radical (unpaired) electrons. The van der Waals surface area contributed by atoms with E-state index in [0.29, 0.717) is 24.7 Å². The second-order valence-electron chi connectivity index (χ2n) is 6.37. The van der Waals surface area contributed by atoms with Crippen molar-refractivity contribution in [3.8, 4) is 5.75 Å². The molecule has 1 amide bonds. The smallest absolute Gasteiger partial charge is 0.251 e. The lowest BCUT2D eigenvalue weighted by Gasteiger charge is -2.21. The molecule has 144 valence electrons. The first-order valence-corrected chi connectivity index (χ1v) is 9.47. The molecule has 7 heteroatoms. The normalized spacial score (nSPS) is 17.9. The summed E-state index contributed by atoms with van der Waals surface area (Å²) in [6, 6.07) is 6.75. The van der Waals surface area contributed by atoms with Crippen LogP contribution in [0.5, 0.6) is 5.75 Å². The third-order valence-corrected chi connectivity index (χ3v) is 4.54. The van der Waals surface area contributed by atoms with Crippen LogP contribution in [0, 0.1) is 0 Å². The summed E-state index contributed by atoms with van der Waals surface area (Å²) < 4.78 is 0. The van der Waals surface area contributed by atoms with E-state index in [0.717, 1.165) is 25.6 Å². The molecule has 1 unspecified atom stereocenters. The van der Waals surface area contributed by atoms with Gasteiger partial charge in [0.25, 0.3) is 5.91 Å². The number of guanidine groups is 1. The second kappa shape index (κ2) is 10.7. The number of aromatic hydroxyl groups is 1. The van der Waals surface area contributed by atoms with Crippen molar-refractivity contribution in [2.45, 2.75) is 32.7 Å². The molecule has 1 heterocycles. The number of nitrogens with one attached hydrogen (secondary N) is 3. The molecular weight excluding hydrogens is 330 g/mol. The quantitative estimate of drug-likeness (QED) is 0.317. The van der Waals surface area contributed by atoms with Crippen molar-refractivity contribution in [1.29, 1.82) is 0 Å². The molecule has 1 saturated heterocycles. The van der Waals surface area contributed by atoms with Crippen molar-refractivity contribution in [1.82, 2.24) is 20.9 Å². The van der Waals surface area contributed by atoms with Gasteiger partial charge in [0, 0.05) is 31.2 Å². The molecule has 1 aliphatic heterocycles. The minimum absolute atomic E-state index is 0.151. The molecule has 26 heavy (non-hydrogen) atoms. The van der Waals surface area contributed by atoms with Crippen LogP contribution in [-0.2, 0) is 0 Å². The first-order chi connectivity index (χ1) is 12.6. The SMILES string of the molecule is CCNC(=NCC1CCCN1CC)NCCNC(=O)c1ccc(O)cc1. The second-order valence-corrected chi connectivity index (χ2v) is 6.37. The van der Waals surface area contributed by atoms with Gasteiger partial charge < -0.3 is 21.1 Å². The van der Waals surface area contributed by atoms with Crippen LogP contribution in [0.2, 0.25) is 0 Å². The number of phenols is 1. The number of amides is 1. The zero-order valence-corrected chi connectivity index (χ0v) is 15.8. The first kappa shape index (κ1) is 20.0. The lowest BCUT2D eigenvalue weighted by atomic mass is 10.2. The predicted octanol–water partition coefficient (Wildman–Crippen LogP) is 1.16. The molecule has 0 bridgehead atoms. The van der Waals surface area contributed by atoms with E-state index in [1.165, 1.54) is 31.5 Å². The van der Waals surface area contributed by atoms with Gasteiger partial charge in [-0.3, -0.25) is 14.7 Å². The first-order valence-electron chi connectivity index (χ1n) is 9.47.